The molecule has 1 aliphatic rings. The first kappa shape index (κ1) is 15.6. The fourth-order valence-electron chi connectivity index (χ4n) is 1.82. The highest BCUT2D eigenvalue weighted by atomic mass is 19.4. The molecule has 1 aliphatic carbocycles. The van der Waals surface area contributed by atoms with Gasteiger partial charge in [-0.15, -0.1) is 0 Å². The van der Waals surface area contributed by atoms with Crippen molar-refractivity contribution < 1.29 is 27.8 Å². The van der Waals surface area contributed by atoms with E-state index in [9.17, 15) is 18.0 Å². The Morgan fingerprint density at radius 3 is 2.38 bits per heavy atom. The third-order valence-corrected chi connectivity index (χ3v) is 3.41. The van der Waals surface area contributed by atoms with E-state index in [4.69, 9.17) is 9.84 Å². The van der Waals surface area contributed by atoms with Crippen molar-refractivity contribution >= 4 is 5.91 Å². The molecule has 4 nitrogen and oxygen atoms in total. The summed E-state index contributed by atoms with van der Waals surface area (Å²) in [4.78, 5) is 11.9. The van der Waals surface area contributed by atoms with Crippen LogP contribution >= 0.6 is 0 Å². The molecule has 2 N–H and O–H groups in total. The summed E-state index contributed by atoms with van der Waals surface area (Å²) in [5.74, 6) is -0.221. The number of hydrogen-bond acceptors (Lipinski definition) is 3. The number of halogens is 3. The first-order chi connectivity index (χ1) is 9.76. The van der Waals surface area contributed by atoms with E-state index in [2.05, 4.69) is 5.32 Å². The van der Waals surface area contributed by atoms with Crippen LogP contribution in [0.1, 0.15) is 25.3 Å². The average Bonchev–Trinajstić information content (AvgIpc) is 3.18. The van der Waals surface area contributed by atoms with E-state index < -0.39 is 29.3 Å². The first-order valence-corrected chi connectivity index (χ1v) is 6.53. The van der Waals surface area contributed by atoms with Crippen molar-refractivity contribution in [3.05, 3.63) is 29.8 Å². The van der Waals surface area contributed by atoms with Crippen LogP contribution in [0.4, 0.5) is 13.2 Å². The third-order valence-electron chi connectivity index (χ3n) is 3.41. The molecular formula is C14H16F3NO3. The van der Waals surface area contributed by atoms with Crippen molar-refractivity contribution in [2.75, 3.05) is 6.61 Å². The van der Waals surface area contributed by atoms with Gasteiger partial charge in [0.2, 0.25) is 0 Å². The number of carbonyl (C=O) groups is 1. The van der Waals surface area contributed by atoms with Crippen LogP contribution in [0, 0.1) is 0 Å². The van der Waals surface area contributed by atoms with Crippen molar-refractivity contribution in [2.24, 2.45) is 0 Å². The van der Waals surface area contributed by atoms with Gasteiger partial charge in [0.1, 0.15) is 5.75 Å². The Hall–Kier alpha value is -1.76. The predicted octanol–water partition coefficient (Wildman–Crippen LogP) is 2.11. The number of ether oxygens (including phenoxy) is 1. The van der Waals surface area contributed by atoms with Gasteiger partial charge in [-0.25, -0.2) is 0 Å². The monoisotopic (exact) mass is 303 g/mol. The van der Waals surface area contributed by atoms with Crippen LogP contribution in [0.5, 0.6) is 5.75 Å². The quantitative estimate of drug-likeness (QED) is 0.876. The van der Waals surface area contributed by atoms with Gasteiger partial charge < -0.3 is 15.2 Å². The molecule has 21 heavy (non-hydrogen) atoms. The van der Waals surface area contributed by atoms with Gasteiger partial charge in [0.25, 0.3) is 5.91 Å². The number of rotatable bonds is 5. The molecular weight excluding hydrogens is 287 g/mol. The Morgan fingerprint density at radius 1 is 1.38 bits per heavy atom. The van der Waals surface area contributed by atoms with Crippen LogP contribution in [0.2, 0.25) is 0 Å². The standard InChI is InChI=1S/C14H16F3NO3/c1-9(12(20)18-13(8-19)6-7-13)21-11-4-2-10(3-5-11)14(15,16)17/h2-5,9,19H,6-8H2,1H3,(H,18,20)/t9-/m1/s1. The summed E-state index contributed by atoms with van der Waals surface area (Å²) in [7, 11) is 0. The van der Waals surface area contributed by atoms with E-state index in [0.717, 1.165) is 12.1 Å². The number of aliphatic hydroxyl groups excluding tert-OH is 1. The van der Waals surface area contributed by atoms with Crippen LogP contribution in [0.25, 0.3) is 0 Å². The molecule has 2 rings (SSSR count). The molecule has 0 aliphatic heterocycles. The van der Waals surface area contributed by atoms with Crippen LogP contribution < -0.4 is 10.1 Å². The minimum absolute atomic E-state index is 0.133. The van der Waals surface area contributed by atoms with Crippen molar-refractivity contribution in [1.82, 2.24) is 5.32 Å². The second-order valence-corrected chi connectivity index (χ2v) is 5.21. The maximum absolute atomic E-state index is 12.4. The highest BCUT2D eigenvalue weighted by Crippen LogP contribution is 2.34. The summed E-state index contributed by atoms with van der Waals surface area (Å²) in [5, 5.41) is 11.8. The highest BCUT2D eigenvalue weighted by molar-refractivity contribution is 5.81. The lowest BCUT2D eigenvalue weighted by molar-refractivity contribution is -0.137. The molecule has 116 valence electrons. The molecule has 1 aromatic carbocycles. The number of alkyl halides is 3. The lowest BCUT2D eigenvalue weighted by Gasteiger charge is -2.19. The van der Waals surface area contributed by atoms with Crippen LogP contribution in [-0.4, -0.2) is 29.3 Å². The molecule has 1 amide bonds. The van der Waals surface area contributed by atoms with E-state index >= 15 is 0 Å². The number of benzene rings is 1. The summed E-state index contributed by atoms with van der Waals surface area (Å²) in [6.45, 7) is 1.37. The predicted molar refractivity (Wildman–Crippen MR) is 68.7 cm³/mol. The van der Waals surface area contributed by atoms with Gasteiger partial charge in [-0.3, -0.25) is 4.79 Å². The van der Waals surface area contributed by atoms with Gasteiger partial charge in [-0.2, -0.15) is 13.2 Å². The number of aliphatic hydroxyl groups is 1. The normalized spacial score (nSPS) is 18.0. The molecule has 0 heterocycles. The van der Waals surface area contributed by atoms with E-state index in [-0.39, 0.29) is 12.4 Å². The summed E-state index contributed by atoms with van der Waals surface area (Å²) in [5.41, 5.74) is -1.32. The summed E-state index contributed by atoms with van der Waals surface area (Å²) < 4.78 is 42.5. The third kappa shape index (κ3) is 3.87. The summed E-state index contributed by atoms with van der Waals surface area (Å²) in [6.07, 6.45) is -3.84. The number of carbonyl (C=O) groups excluding carboxylic acids is 1. The van der Waals surface area contributed by atoms with E-state index in [1.807, 2.05) is 0 Å². The smallest absolute Gasteiger partial charge is 0.416 e. The Bertz CT molecular complexity index is 509. The Morgan fingerprint density at radius 2 is 1.95 bits per heavy atom. The summed E-state index contributed by atoms with van der Waals surface area (Å²) >= 11 is 0. The fraction of sp³-hybridized carbons (Fsp3) is 0.500. The topological polar surface area (TPSA) is 58.6 Å². The van der Waals surface area contributed by atoms with Crippen molar-refractivity contribution in [3.63, 3.8) is 0 Å². The van der Waals surface area contributed by atoms with Gasteiger partial charge in [-0.1, -0.05) is 0 Å². The fourth-order valence-corrected chi connectivity index (χ4v) is 1.82. The van der Waals surface area contributed by atoms with E-state index in [1.54, 1.807) is 0 Å². The Balaban J connectivity index is 1.93. The Labute approximate surface area is 119 Å². The van der Waals surface area contributed by atoms with Gasteiger partial charge in [-0.05, 0) is 44.0 Å². The largest absolute Gasteiger partial charge is 0.481 e. The zero-order valence-electron chi connectivity index (χ0n) is 11.4. The molecule has 1 saturated carbocycles. The molecule has 0 bridgehead atoms. The van der Waals surface area contributed by atoms with E-state index in [0.29, 0.717) is 12.8 Å². The number of nitrogens with one attached hydrogen (secondary N) is 1. The first-order valence-electron chi connectivity index (χ1n) is 6.53. The molecule has 0 unspecified atom stereocenters. The second kappa shape index (κ2) is 5.55. The number of hydrogen-bond donors (Lipinski definition) is 2. The van der Waals surface area contributed by atoms with Crippen LogP contribution in [-0.2, 0) is 11.0 Å². The molecule has 0 spiro atoms. The molecule has 1 aromatic rings. The highest BCUT2D eigenvalue weighted by Gasteiger charge is 2.44. The van der Waals surface area contributed by atoms with Gasteiger partial charge >= 0.3 is 6.18 Å². The minimum atomic E-state index is -4.40. The SMILES string of the molecule is C[C@@H](Oc1ccc(C(F)(F)F)cc1)C(=O)NC1(CO)CC1. The molecule has 0 saturated heterocycles. The Kier molecular flexibility index (Phi) is 4.13. The molecule has 0 aromatic heterocycles. The molecule has 1 atom stereocenters. The molecule has 0 radical (unpaired) electrons. The van der Waals surface area contributed by atoms with Crippen molar-refractivity contribution in [2.45, 2.75) is 37.6 Å². The zero-order chi connectivity index (χ0) is 15.7. The average molecular weight is 303 g/mol. The minimum Gasteiger partial charge on any atom is -0.481 e. The maximum Gasteiger partial charge on any atom is 0.416 e. The van der Waals surface area contributed by atoms with Crippen LogP contribution in [0.3, 0.4) is 0 Å². The number of amides is 1. The lowest BCUT2D eigenvalue weighted by Crippen LogP contribution is -2.45. The van der Waals surface area contributed by atoms with Gasteiger partial charge in [0.15, 0.2) is 6.10 Å². The molecule has 7 heteroatoms. The zero-order valence-corrected chi connectivity index (χ0v) is 11.4. The lowest BCUT2D eigenvalue weighted by atomic mass is 10.2. The summed E-state index contributed by atoms with van der Waals surface area (Å²) in [6, 6.07) is 4.14. The maximum atomic E-state index is 12.4. The van der Waals surface area contributed by atoms with E-state index in [1.165, 1.54) is 19.1 Å². The van der Waals surface area contributed by atoms with Gasteiger partial charge in [0, 0.05) is 0 Å². The van der Waals surface area contributed by atoms with Crippen LogP contribution in [0.15, 0.2) is 24.3 Å². The second-order valence-electron chi connectivity index (χ2n) is 5.21. The van der Waals surface area contributed by atoms with Crippen molar-refractivity contribution in [1.29, 1.82) is 0 Å². The van der Waals surface area contributed by atoms with Crippen molar-refractivity contribution in [3.8, 4) is 5.75 Å². The van der Waals surface area contributed by atoms with Gasteiger partial charge in [0.05, 0.1) is 17.7 Å². The molecule has 1 fully saturated rings.